The van der Waals surface area contributed by atoms with Gasteiger partial charge in [0.1, 0.15) is 5.60 Å². The van der Waals surface area contributed by atoms with Crippen LogP contribution >= 0.6 is 15.9 Å². The van der Waals surface area contributed by atoms with E-state index in [2.05, 4.69) is 15.9 Å². The Morgan fingerprint density at radius 2 is 1.95 bits per heavy atom. The molecule has 1 amide bonds. The summed E-state index contributed by atoms with van der Waals surface area (Å²) in [5.41, 5.74) is 0.597. The molecule has 1 aromatic carbocycles. The summed E-state index contributed by atoms with van der Waals surface area (Å²) in [5.74, 6) is 0.0665. The lowest BCUT2D eigenvalue weighted by atomic mass is 9.87. The van der Waals surface area contributed by atoms with Gasteiger partial charge in [-0.2, -0.15) is 0 Å². The van der Waals surface area contributed by atoms with Gasteiger partial charge in [-0.15, -0.1) is 0 Å². The summed E-state index contributed by atoms with van der Waals surface area (Å²) in [4.78, 5) is 13.6. The Balaban J connectivity index is 1.99. The van der Waals surface area contributed by atoms with Crippen molar-refractivity contribution in [3.05, 3.63) is 34.3 Å². The van der Waals surface area contributed by atoms with Crippen LogP contribution in [0.1, 0.15) is 38.7 Å². The summed E-state index contributed by atoms with van der Waals surface area (Å²) in [6.45, 7) is 6.45. The highest BCUT2D eigenvalue weighted by Crippen LogP contribution is 2.30. The third-order valence-electron chi connectivity index (χ3n) is 3.53. The quantitative estimate of drug-likeness (QED) is 0.838. The molecule has 1 aromatic rings. The Kier molecular flexibility index (Phi) is 4.94. The molecule has 0 radical (unpaired) electrons. The second-order valence-corrected chi connectivity index (χ2v) is 7.36. The molecule has 1 unspecified atom stereocenters. The first kappa shape index (κ1) is 16.3. The average molecular weight is 356 g/mol. The fourth-order valence-electron chi connectivity index (χ4n) is 2.52. The number of aliphatic hydroxyl groups is 1. The molecule has 2 rings (SSSR count). The zero-order chi connectivity index (χ0) is 15.6. The van der Waals surface area contributed by atoms with Gasteiger partial charge < -0.3 is 14.7 Å². The van der Waals surface area contributed by atoms with Crippen molar-refractivity contribution in [1.82, 2.24) is 4.90 Å². The van der Waals surface area contributed by atoms with Crippen LogP contribution in [0.25, 0.3) is 0 Å². The highest BCUT2D eigenvalue weighted by molar-refractivity contribution is 9.10. The molecule has 1 fully saturated rings. The number of hydrogen-bond donors (Lipinski definition) is 1. The van der Waals surface area contributed by atoms with E-state index in [1.54, 1.807) is 4.90 Å². The molecule has 0 spiro atoms. The number of piperidine rings is 1. The Hall–Kier alpha value is -1.07. The molecule has 1 heterocycles. The van der Waals surface area contributed by atoms with E-state index in [9.17, 15) is 9.90 Å². The number of nitrogens with zero attached hydrogens (tertiary/aromatic N) is 1. The molecule has 21 heavy (non-hydrogen) atoms. The summed E-state index contributed by atoms with van der Waals surface area (Å²) >= 11 is 3.41. The van der Waals surface area contributed by atoms with E-state index in [0.717, 1.165) is 16.5 Å². The van der Waals surface area contributed by atoms with Gasteiger partial charge in [-0.05, 0) is 44.9 Å². The summed E-state index contributed by atoms with van der Waals surface area (Å²) in [7, 11) is 0. The van der Waals surface area contributed by atoms with Crippen molar-refractivity contribution >= 4 is 22.0 Å². The van der Waals surface area contributed by atoms with Crippen molar-refractivity contribution in [3.63, 3.8) is 0 Å². The van der Waals surface area contributed by atoms with Crippen LogP contribution in [-0.2, 0) is 4.74 Å². The second-order valence-electron chi connectivity index (χ2n) is 6.44. The summed E-state index contributed by atoms with van der Waals surface area (Å²) in [6, 6.07) is 7.98. The van der Waals surface area contributed by atoms with Crippen LogP contribution in [0.3, 0.4) is 0 Å². The third kappa shape index (κ3) is 4.45. The van der Waals surface area contributed by atoms with Gasteiger partial charge in [0, 0.05) is 16.9 Å². The minimum absolute atomic E-state index is 0.0665. The number of benzene rings is 1. The number of carbonyl (C=O) groups excluding carboxylic acids is 1. The summed E-state index contributed by atoms with van der Waals surface area (Å²) in [5, 5.41) is 10.3. The predicted molar refractivity (Wildman–Crippen MR) is 85.3 cm³/mol. The van der Waals surface area contributed by atoms with Crippen LogP contribution in [0.15, 0.2) is 28.7 Å². The van der Waals surface area contributed by atoms with Crippen molar-refractivity contribution in [2.24, 2.45) is 0 Å². The Morgan fingerprint density at radius 3 is 2.48 bits per heavy atom. The van der Waals surface area contributed by atoms with E-state index in [0.29, 0.717) is 13.1 Å². The normalized spacial score (nSPS) is 23.0. The number of amides is 1. The fourth-order valence-corrected chi connectivity index (χ4v) is 2.79. The topological polar surface area (TPSA) is 49.8 Å². The lowest BCUT2D eigenvalue weighted by molar-refractivity contribution is -0.00151. The predicted octanol–water partition coefficient (Wildman–Crippen LogP) is 3.53. The molecular weight excluding hydrogens is 334 g/mol. The van der Waals surface area contributed by atoms with Gasteiger partial charge >= 0.3 is 6.09 Å². The van der Waals surface area contributed by atoms with Crippen molar-refractivity contribution in [3.8, 4) is 0 Å². The molecule has 1 aliphatic heterocycles. The van der Waals surface area contributed by atoms with E-state index < -0.39 is 11.7 Å². The van der Waals surface area contributed by atoms with Crippen LogP contribution in [0.5, 0.6) is 0 Å². The number of aliphatic hydroxyl groups excluding tert-OH is 1. The molecule has 0 bridgehead atoms. The summed E-state index contributed by atoms with van der Waals surface area (Å²) in [6.07, 6.45) is -0.176. The monoisotopic (exact) mass is 355 g/mol. The number of ether oxygens (including phenoxy) is 1. The standard InChI is InChI=1S/C16H22BrNO3/c1-16(2,3)21-15(20)18-9-8-13(14(19)10-18)11-4-6-12(17)7-5-11/h4-7,13-14,19H,8-10H2,1-3H3/t13?,14-/m1/s1. The van der Waals surface area contributed by atoms with Gasteiger partial charge in [-0.1, -0.05) is 28.1 Å². The Bertz CT molecular complexity index is 495. The van der Waals surface area contributed by atoms with E-state index in [1.165, 1.54) is 0 Å². The largest absolute Gasteiger partial charge is 0.444 e. The zero-order valence-corrected chi connectivity index (χ0v) is 14.3. The molecule has 0 aromatic heterocycles. The first-order valence-corrected chi connectivity index (χ1v) is 7.97. The van der Waals surface area contributed by atoms with Crippen LogP contribution in [-0.4, -0.2) is 40.9 Å². The average Bonchev–Trinajstić information content (AvgIpc) is 2.38. The van der Waals surface area contributed by atoms with Crippen LogP contribution in [0, 0.1) is 0 Å². The zero-order valence-electron chi connectivity index (χ0n) is 12.7. The van der Waals surface area contributed by atoms with Crippen molar-refractivity contribution in [1.29, 1.82) is 0 Å². The molecule has 1 saturated heterocycles. The molecule has 2 atom stereocenters. The number of likely N-dealkylation sites (tertiary alicyclic amines) is 1. The second kappa shape index (κ2) is 6.36. The fraction of sp³-hybridized carbons (Fsp3) is 0.562. The molecule has 1 N–H and O–H groups in total. The number of carbonyl (C=O) groups is 1. The van der Waals surface area contributed by atoms with Gasteiger partial charge in [-0.25, -0.2) is 4.79 Å². The summed E-state index contributed by atoms with van der Waals surface area (Å²) < 4.78 is 6.37. The van der Waals surface area contributed by atoms with Crippen molar-refractivity contribution in [2.45, 2.75) is 44.8 Å². The molecule has 4 nitrogen and oxygen atoms in total. The molecule has 0 saturated carbocycles. The van der Waals surface area contributed by atoms with Crippen molar-refractivity contribution in [2.75, 3.05) is 13.1 Å². The minimum Gasteiger partial charge on any atom is -0.444 e. The van der Waals surface area contributed by atoms with E-state index in [1.807, 2.05) is 45.0 Å². The highest BCUT2D eigenvalue weighted by Gasteiger charge is 2.33. The Morgan fingerprint density at radius 1 is 1.33 bits per heavy atom. The minimum atomic E-state index is -0.563. The number of β-amino-alcohol motifs (C(OH)–C–C–N with tert-alkyl or cyclic N) is 1. The smallest absolute Gasteiger partial charge is 0.410 e. The van der Waals surface area contributed by atoms with Crippen LogP contribution in [0.2, 0.25) is 0 Å². The maximum Gasteiger partial charge on any atom is 0.410 e. The van der Waals surface area contributed by atoms with Gasteiger partial charge in [-0.3, -0.25) is 0 Å². The molecule has 0 aliphatic carbocycles. The number of hydrogen-bond acceptors (Lipinski definition) is 3. The third-order valence-corrected chi connectivity index (χ3v) is 4.06. The lowest BCUT2D eigenvalue weighted by Crippen LogP contribution is -2.47. The molecular formula is C16H22BrNO3. The first-order valence-electron chi connectivity index (χ1n) is 7.18. The maximum atomic E-state index is 12.0. The van der Waals surface area contributed by atoms with Gasteiger partial charge in [0.05, 0.1) is 12.6 Å². The maximum absolute atomic E-state index is 12.0. The van der Waals surface area contributed by atoms with Crippen LogP contribution < -0.4 is 0 Å². The SMILES string of the molecule is CC(C)(C)OC(=O)N1CCC(c2ccc(Br)cc2)[C@H](O)C1. The molecule has 116 valence electrons. The first-order chi connectivity index (χ1) is 9.76. The van der Waals surface area contributed by atoms with E-state index >= 15 is 0 Å². The molecule has 1 aliphatic rings. The van der Waals surface area contributed by atoms with Crippen LogP contribution in [0.4, 0.5) is 4.79 Å². The highest BCUT2D eigenvalue weighted by atomic mass is 79.9. The van der Waals surface area contributed by atoms with Crippen molar-refractivity contribution < 1.29 is 14.6 Å². The van der Waals surface area contributed by atoms with Gasteiger partial charge in [0.2, 0.25) is 0 Å². The van der Waals surface area contributed by atoms with E-state index in [4.69, 9.17) is 4.74 Å². The number of rotatable bonds is 1. The lowest BCUT2D eigenvalue weighted by Gasteiger charge is -2.36. The molecule has 5 heteroatoms. The Labute approximate surface area is 134 Å². The van der Waals surface area contributed by atoms with Gasteiger partial charge in [0.25, 0.3) is 0 Å². The number of halogens is 1. The van der Waals surface area contributed by atoms with E-state index in [-0.39, 0.29) is 12.0 Å². The van der Waals surface area contributed by atoms with Gasteiger partial charge in [0.15, 0.2) is 0 Å².